The van der Waals surface area contributed by atoms with Crippen molar-refractivity contribution < 1.29 is 17.6 Å². The molecule has 0 spiro atoms. The minimum absolute atomic E-state index is 0.0907. The summed E-state index contributed by atoms with van der Waals surface area (Å²) in [7, 11) is 0. The molecule has 5 nitrogen and oxygen atoms in total. The highest BCUT2D eigenvalue weighted by Gasteiger charge is 2.34. The van der Waals surface area contributed by atoms with E-state index < -0.39 is 23.1 Å². The molecular weight excluding hydrogens is 460 g/mol. The van der Waals surface area contributed by atoms with Gasteiger partial charge in [-0.1, -0.05) is 12.1 Å². The van der Waals surface area contributed by atoms with Gasteiger partial charge in [-0.25, -0.2) is 4.39 Å². The standard InChI is InChI=1S/C26H14F4N4O/c27-21-5-4-18(11-20(21)26(28,29)30)34-24(35)8-3-16-12-31-23-7-2-15(10-19(23)25(16)34)14-1-6-22-17(9-14)13-32-33-22/h1-13H,(H,32,33). The predicted molar refractivity (Wildman–Crippen MR) is 125 cm³/mol. The zero-order valence-corrected chi connectivity index (χ0v) is 17.8. The van der Waals surface area contributed by atoms with Crippen LogP contribution in [-0.2, 0) is 6.18 Å². The van der Waals surface area contributed by atoms with Gasteiger partial charge < -0.3 is 0 Å². The van der Waals surface area contributed by atoms with Crippen molar-refractivity contribution in [3.8, 4) is 16.8 Å². The second-order valence-electron chi connectivity index (χ2n) is 8.13. The molecule has 0 aliphatic carbocycles. The summed E-state index contributed by atoms with van der Waals surface area (Å²) in [6.45, 7) is 0. The first-order valence-corrected chi connectivity index (χ1v) is 10.5. The van der Waals surface area contributed by atoms with Crippen LogP contribution >= 0.6 is 0 Å². The third-order valence-electron chi connectivity index (χ3n) is 6.00. The van der Waals surface area contributed by atoms with Crippen molar-refractivity contribution in [1.82, 2.24) is 19.7 Å². The van der Waals surface area contributed by atoms with Gasteiger partial charge in [0.2, 0.25) is 0 Å². The SMILES string of the molecule is O=c1ccc2cnc3ccc(-c4ccc5[nH]ncc5c4)cc3c2n1-c1ccc(F)c(C(F)(F)F)c1. The van der Waals surface area contributed by atoms with Crippen LogP contribution in [0.2, 0.25) is 0 Å². The Bertz CT molecular complexity index is 1840. The van der Waals surface area contributed by atoms with Crippen LogP contribution in [0.5, 0.6) is 0 Å². The van der Waals surface area contributed by atoms with Crippen LogP contribution in [0.3, 0.4) is 0 Å². The third-order valence-corrected chi connectivity index (χ3v) is 6.00. The molecule has 0 saturated carbocycles. The van der Waals surface area contributed by atoms with Crippen LogP contribution in [0, 0.1) is 5.82 Å². The van der Waals surface area contributed by atoms with Gasteiger partial charge in [0.15, 0.2) is 0 Å². The van der Waals surface area contributed by atoms with Gasteiger partial charge in [-0.3, -0.25) is 19.4 Å². The average molecular weight is 474 g/mol. The number of halogens is 4. The highest BCUT2D eigenvalue weighted by atomic mass is 19.4. The van der Waals surface area contributed by atoms with E-state index in [1.54, 1.807) is 24.5 Å². The number of rotatable bonds is 2. The minimum Gasteiger partial charge on any atom is -0.278 e. The number of hydrogen-bond donors (Lipinski definition) is 1. The highest BCUT2D eigenvalue weighted by molar-refractivity contribution is 6.05. The summed E-state index contributed by atoms with van der Waals surface area (Å²) < 4.78 is 55.3. The van der Waals surface area contributed by atoms with Crippen LogP contribution in [0.4, 0.5) is 17.6 Å². The lowest BCUT2D eigenvalue weighted by Crippen LogP contribution is -2.19. The van der Waals surface area contributed by atoms with E-state index in [1.807, 2.05) is 30.3 Å². The second-order valence-corrected chi connectivity index (χ2v) is 8.13. The Morgan fingerprint density at radius 1 is 0.829 bits per heavy atom. The molecule has 0 bridgehead atoms. The van der Waals surface area contributed by atoms with Crippen molar-refractivity contribution in [2.45, 2.75) is 6.18 Å². The van der Waals surface area contributed by atoms with Crippen molar-refractivity contribution in [1.29, 1.82) is 0 Å². The number of fused-ring (bicyclic) bond motifs is 4. The Morgan fingerprint density at radius 3 is 2.46 bits per heavy atom. The summed E-state index contributed by atoms with van der Waals surface area (Å²) in [5.41, 5.74) is 1.47. The fraction of sp³-hybridized carbons (Fsp3) is 0.0385. The highest BCUT2D eigenvalue weighted by Crippen LogP contribution is 2.34. The van der Waals surface area contributed by atoms with E-state index in [0.717, 1.165) is 38.7 Å². The number of hydrogen-bond acceptors (Lipinski definition) is 3. The van der Waals surface area contributed by atoms with E-state index in [-0.39, 0.29) is 5.69 Å². The molecule has 3 aromatic carbocycles. The Morgan fingerprint density at radius 2 is 1.63 bits per heavy atom. The fourth-order valence-corrected chi connectivity index (χ4v) is 4.34. The lowest BCUT2D eigenvalue weighted by Gasteiger charge is -2.15. The minimum atomic E-state index is -4.91. The van der Waals surface area contributed by atoms with E-state index >= 15 is 0 Å². The van der Waals surface area contributed by atoms with Crippen molar-refractivity contribution >= 4 is 32.7 Å². The molecule has 172 valence electrons. The third kappa shape index (κ3) is 3.43. The molecule has 0 radical (unpaired) electrons. The van der Waals surface area contributed by atoms with Gasteiger partial charge in [0.1, 0.15) is 5.82 Å². The molecule has 0 fully saturated rings. The number of nitrogens with zero attached hydrogens (tertiary/aromatic N) is 3. The van der Waals surface area contributed by atoms with Gasteiger partial charge >= 0.3 is 6.18 Å². The van der Waals surface area contributed by atoms with E-state index in [4.69, 9.17) is 0 Å². The zero-order valence-electron chi connectivity index (χ0n) is 17.8. The molecule has 0 aliphatic heterocycles. The molecule has 3 heterocycles. The van der Waals surface area contributed by atoms with E-state index in [2.05, 4.69) is 15.2 Å². The van der Waals surface area contributed by atoms with Crippen molar-refractivity contribution in [3.05, 3.63) is 101 Å². The molecule has 0 unspecified atom stereocenters. The summed E-state index contributed by atoms with van der Waals surface area (Å²) in [4.78, 5) is 17.4. The molecule has 6 aromatic rings. The predicted octanol–water partition coefficient (Wildman–Crippen LogP) is 6.24. The second kappa shape index (κ2) is 7.49. The van der Waals surface area contributed by atoms with Gasteiger partial charge in [-0.15, -0.1) is 0 Å². The molecule has 0 saturated heterocycles. The van der Waals surface area contributed by atoms with Gasteiger partial charge in [0, 0.05) is 28.4 Å². The number of alkyl halides is 3. The molecule has 1 N–H and O–H groups in total. The summed E-state index contributed by atoms with van der Waals surface area (Å²) in [6, 6.07) is 16.6. The molecule has 3 aromatic heterocycles. The number of nitrogens with one attached hydrogen (secondary N) is 1. The Balaban J connectivity index is 1.66. The van der Waals surface area contributed by atoms with Gasteiger partial charge in [0.25, 0.3) is 5.56 Å². The maximum Gasteiger partial charge on any atom is 0.419 e. The summed E-state index contributed by atoms with van der Waals surface area (Å²) in [6.07, 6.45) is -1.64. The number of aromatic nitrogens is 4. The number of aromatic amines is 1. The van der Waals surface area contributed by atoms with E-state index in [9.17, 15) is 22.4 Å². The number of pyridine rings is 2. The Kier molecular flexibility index (Phi) is 4.50. The first-order chi connectivity index (χ1) is 16.8. The lowest BCUT2D eigenvalue weighted by atomic mass is 10.0. The molecule has 0 atom stereocenters. The monoisotopic (exact) mass is 474 g/mol. The van der Waals surface area contributed by atoms with Crippen LogP contribution in [0.15, 0.2) is 83.9 Å². The first-order valence-electron chi connectivity index (χ1n) is 10.5. The van der Waals surface area contributed by atoms with Crippen LogP contribution in [0.25, 0.3) is 49.5 Å². The molecule has 6 rings (SSSR count). The average Bonchev–Trinajstić information content (AvgIpc) is 3.31. The first kappa shape index (κ1) is 21.0. The van der Waals surface area contributed by atoms with Gasteiger partial charge in [-0.05, 0) is 59.7 Å². The quantitative estimate of drug-likeness (QED) is 0.239. The van der Waals surface area contributed by atoms with Crippen molar-refractivity contribution in [2.24, 2.45) is 0 Å². The van der Waals surface area contributed by atoms with Gasteiger partial charge in [0.05, 0.1) is 34.0 Å². The summed E-state index contributed by atoms with van der Waals surface area (Å²) in [5, 5.41) is 8.97. The van der Waals surface area contributed by atoms with Crippen LogP contribution in [0.1, 0.15) is 5.56 Å². The molecule has 35 heavy (non-hydrogen) atoms. The normalized spacial score (nSPS) is 12.1. The Hall–Kier alpha value is -4.53. The fourth-order valence-electron chi connectivity index (χ4n) is 4.34. The van der Waals surface area contributed by atoms with E-state index in [1.165, 1.54) is 6.07 Å². The van der Waals surface area contributed by atoms with Crippen molar-refractivity contribution in [3.63, 3.8) is 0 Å². The van der Waals surface area contributed by atoms with Crippen LogP contribution < -0.4 is 5.56 Å². The Labute approximate surface area is 194 Å². The summed E-state index contributed by atoms with van der Waals surface area (Å²) in [5.74, 6) is -1.40. The maximum atomic E-state index is 14.0. The summed E-state index contributed by atoms with van der Waals surface area (Å²) >= 11 is 0. The van der Waals surface area contributed by atoms with E-state index in [0.29, 0.717) is 27.9 Å². The smallest absolute Gasteiger partial charge is 0.278 e. The largest absolute Gasteiger partial charge is 0.419 e. The molecule has 0 aliphatic rings. The number of H-pyrrole nitrogens is 1. The van der Waals surface area contributed by atoms with Gasteiger partial charge in [-0.2, -0.15) is 18.3 Å². The lowest BCUT2D eigenvalue weighted by molar-refractivity contribution is -0.140. The molecular formula is C26H14F4N4O. The topological polar surface area (TPSA) is 63.6 Å². The maximum absolute atomic E-state index is 14.0. The zero-order chi connectivity index (χ0) is 24.3. The van der Waals surface area contributed by atoms with Crippen molar-refractivity contribution in [2.75, 3.05) is 0 Å². The molecule has 0 amide bonds. The molecule has 9 heteroatoms. The van der Waals surface area contributed by atoms with Crippen LogP contribution in [-0.4, -0.2) is 19.7 Å². The number of benzene rings is 3.